The molecule has 1 aromatic heterocycles. The van der Waals surface area contributed by atoms with Crippen LogP contribution in [-0.4, -0.2) is 24.5 Å². The number of likely N-dealkylation sites (tertiary alicyclic amines) is 1. The quantitative estimate of drug-likeness (QED) is 0.903. The Morgan fingerprint density at radius 3 is 2.56 bits per heavy atom. The number of nitrogens with two attached hydrogens (primary N) is 1. The summed E-state index contributed by atoms with van der Waals surface area (Å²) in [6, 6.07) is 2.40. The van der Waals surface area contributed by atoms with Crippen LogP contribution in [0.25, 0.3) is 0 Å². The van der Waals surface area contributed by atoms with E-state index in [0.717, 1.165) is 29.9 Å². The first-order valence-electron chi connectivity index (χ1n) is 5.80. The lowest BCUT2D eigenvalue weighted by atomic mass is 10.0. The van der Waals surface area contributed by atoms with Crippen molar-refractivity contribution in [1.82, 2.24) is 4.90 Å². The van der Waals surface area contributed by atoms with E-state index in [9.17, 15) is 0 Å². The smallest absolute Gasteiger partial charge is 0.0565 e. The predicted octanol–water partition coefficient (Wildman–Crippen LogP) is 2.99. The van der Waals surface area contributed by atoms with Gasteiger partial charge >= 0.3 is 0 Å². The normalized spacial score (nSPS) is 28.5. The van der Waals surface area contributed by atoms with Crippen LogP contribution in [0.15, 0.2) is 11.4 Å². The van der Waals surface area contributed by atoms with Crippen molar-refractivity contribution in [2.24, 2.45) is 17.6 Å². The molecule has 0 amide bonds. The lowest BCUT2D eigenvalue weighted by Gasteiger charge is -2.25. The van der Waals surface area contributed by atoms with Gasteiger partial charge in [0.25, 0.3) is 0 Å². The predicted molar refractivity (Wildman–Crippen MR) is 71.0 cm³/mol. The van der Waals surface area contributed by atoms with Gasteiger partial charge in [0.2, 0.25) is 0 Å². The Kier molecular flexibility index (Phi) is 3.90. The van der Waals surface area contributed by atoms with Crippen LogP contribution in [0.5, 0.6) is 0 Å². The molecule has 4 heteroatoms. The van der Waals surface area contributed by atoms with Crippen LogP contribution in [-0.2, 0) is 0 Å². The van der Waals surface area contributed by atoms with Gasteiger partial charge in [0, 0.05) is 29.9 Å². The van der Waals surface area contributed by atoms with Gasteiger partial charge in [-0.2, -0.15) is 0 Å². The SMILES string of the molecule is CC1CN(C(CN)c2cc(Cl)cs2)CC1C. The van der Waals surface area contributed by atoms with Gasteiger partial charge in [-0.05, 0) is 17.9 Å². The molecular formula is C12H19ClN2S. The van der Waals surface area contributed by atoms with E-state index in [-0.39, 0.29) is 0 Å². The first-order chi connectivity index (χ1) is 7.61. The fraction of sp³-hybridized carbons (Fsp3) is 0.667. The van der Waals surface area contributed by atoms with Crippen molar-refractivity contribution in [2.45, 2.75) is 19.9 Å². The summed E-state index contributed by atoms with van der Waals surface area (Å²) in [6.07, 6.45) is 0. The molecule has 90 valence electrons. The van der Waals surface area contributed by atoms with Crippen LogP contribution in [0.3, 0.4) is 0 Å². The summed E-state index contributed by atoms with van der Waals surface area (Å²) in [5.74, 6) is 1.54. The Hall–Kier alpha value is -0.0900. The third-order valence-electron chi connectivity index (χ3n) is 3.60. The molecule has 1 aliphatic heterocycles. The number of hydrogen-bond acceptors (Lipinski definition) is 3. The van der Waals surface area contributed by atoms with Gasteiger partial charge in [-0.25, -0.2) is 0 Å². The molecule has 0 saturated carbocycles. The van der Waals surface area contributed by atoms with Crippen molar-refractivity contribution in [3.05, 3.63) is 21.3 Å². The minimum atomic E-state index is 0.352. The minimum absolute atomic E-state index is 0.352. The number of nitrogens with zero attached hydrogens (tertiary/aromatic N) is 1. The molecule has 1 aromatic rings. The highest BCUT2D eigenvalue weighted by Gasteiger charge is 2.31. The first-order valence-corrected chi connectivity index (χ1v) is 7.05. The van der Waals surface area contributed by atoms with E-state index in [1.54, 1.807) is 11.3 Å². The summed E-state index contributed by atoms with van der Waals surface area (Å²) in [6.45, 7) is 7.62. The lowest BCUT2D eigenvalue weighted by Crippen LogP contribution is -2.31. The van der Waals surface area contributed by atoms with Gasteiger partial charge in [0.15, 0.2) is 0 Å². The maximum absolute atomic E-state index is 5.98. The largest absolute Gasteiger partial charge is 0.329 e. The fourth-order valence-electron chi connectivity index (χ4n) is 2.38. The summed E-state index contributed by atoms with van der Waals surface area (Å²) in [5.41, 5.74) is 5.91. The Bertz CT molecular complexity index is 343. The van der Waals surface area contributed by atoms with Crippen molar-refractivity contribution < 1.29 is 0 Å². The first kappa shape index (κ1) is 12.4. The summed E-state index contributed by atoms with van der Waals surface area (Å²) >= 11 is 7.69. The van der Waals surface area contributed by atoms with Crippen molar-refractivity contribution in [3.8, 4) is 0 Å². The third kappa shape index (κ3) is 2.43. The van der Waals surface area contributed by atoms with Crippen LogP contribution < -0.4 is 5.73 Å². The highest BCUT2D eigenvalue weighted by molar-refractivity contribution is 7.10. The van der Waals surface area contributed by atoms with E-state index in [0.29, 0.717) is 12.6 Å². The van der Waals surface area contributed by atoms with Crippen molar-refractivity contribution in [2.75, 3.05) is 19.6 Å². The van der Waals surface area contributed by atoms with Crippen LogP contribution >= 0.6 is 22.9 Å². The zero-order valence-corrected chi connectivity index (χ0v) is 11.4. The van der Waals surface area contributed by atoms with E-state index in [2.05, 4.69) is 24.8 Å². The standard InChI is InChI=1S/C12H19ClN2S/c1-8-5-15(6-9(8)2)11(4-14)12-3-10(13)7-16-12/h3,7-9,11H,4-6,14H2,1-2H3. The summed E-state index contributed by atoms with van der Waals surface area (Å²) in [4.78, 5) is 3.80. The molecule has 1 aliphatic rings. The third-order valence-corrected chi connectivity index (χ3v) is 4.98. The Morgan fingerprint density at radius 2 is 2.12 bits per heavy atom. The van der Waals surface area contributed by atoms with Crippen molar-refractivity contribution >= 4 is 22.9 Å². The molecule has 2 heterocycles. The molecule has 1 fully saturated rings. The number of rotatable bonds is 3. The van der Waals surface area contributed by atoms with Crippen molar-refractivity contribution in [1.29, 1.82) is 0 Å². The van der Waals surface area contributed by atoms with Gasteiger partial charge in [-0.15, -0.1) is 11.3 Å². The monoisotopic (exact) mass is 258 g/mol. The van der Waals surface area contributed by atoms with Gasteiger partial charge in [0.05, 0.1) is 11.1 Å². The Morgan fingerprint density at radius 1 is 1.50 bits per heavy atom. The van der Waals surface area contributed by atoms with Crippen LogP contribution in [0, 0.1) is 11.8 Å². The molecule has 3 unspecified atom stereocenters. The second-order valence-corrected chi connectivity index (χ2v) is 6.21. The number of thiophene rings is 1. The van der Waals surface area contributed by atoms with Gasteiger partial charge in [-0.3, -0.25) is 4.90 Å². The zero-order chi connectivity index (χ0) is 11.7. The minimum Gasteiger partial charge on any atom is -0.329 e. The summed E-state index contributed by atoms with van der Waals surface area (Å²) in [5, 5.41) is 2.82. The van der Waals surface area contributed by atoms with Gasteiger partial charge in [-0.1, -0.05) is 25.4 Å². The van der Waals surface area contributed by atoms with E-state index in [1.807, 2.05) is 5.38 Å². The molecule has 0 spiro atoms. The summed E-state index contributed by atoms with van der Waals surface area (Å²) in [7, 11) is 0. The van der Waals surface area contributed by atoms with Crippen LogP contribution in [0.4, 0.5) is 0 Å². The molecule has 3 atom stereocenters. The maximum Gasteiger partial charge on any atom is 0.0565 e. The molecule has 0 aliphatic carbocycles. The second kappa shape index (κ2) is 5.05. The lowest BCUT2D eigenvalue weighted by molar-refractivity contribution is 0.243. The van der Waals surface area contributed by atoms with E-state index in [4.69, 9.17) is 17.3 Å². The number of halogens is 1. The molecule has 2 nitrogen and oxygen atoms in total. The van der Waals surface area contributed by atoms with Crippen LogP contribution in [0.1, 0.15) is 24.8 Å². The zero-order valence-electron chi connectivity index (χ0n) is 9.82. The maximum atomic E-state index is 5.98. The fourth-order valence-corrected chi connectivity index (χ4v) is 3.61. The molecule has 16 heavy (non-hydrogen) atoms. The average molecular weight is 259 g/mol. The highest BCUT2D eigenvalue weighted by Crippen LogP contribution is 2.33. The summed E-state index contributed by atoms with van der Waals surface area (Å²) < 4.78 is 0. The molecule has 0 aromatic carbocycles. The topological polar surface area (TPSA) is 29.3 Å². The Labute approximate surface area is 106 Å². The van der Waals surface area contributed by atoms with E-state index >= 15 is 0 Å². The van der Waals surface area contributed by atoms with Gasteiger partial charge in [0.1, 0.15) is 0 Å². The van der Waals surface area contributed by atoms with Crippen LogP contribution in [0.2, 0.25) is 5.02 Å². The van der Waals surface area contributed by atoms with E-state index < -0.39 is 0 Å². The highest BCUT2D eigenvalue weighted by atomic mass is 35.5. The van der Waals surface area contributed by atoms with E-state index in [1.165, 1.54) is 4.88 Å². The molecule has 2 rings (SSSR count). The molecule has 0 bridgehead atoms. The molecule has 0 radical (unpaired) electrons. The van der Waals surface area contributed by atoms with Crippen molar-refractivity contribution in [3.63, 3.8) is 0 Å². The molecule has 2 N–H and O–H groups in total. The number of hydrogen-bond donors (Lipinski definition) is 1. The van der Waals surface area contributed by atoms with Gasteiger partial charge < -0.3 is 5.73 Å². The second-order valence-electron chi connectivity index (χ2n) is 4.83. The molecular weight excluding hydrogens is 240 g/mol. The molecule has 1 saturated heterocycles. The Balaban J connectivity index is 2.12. The average Bonchev–Trinajstić information content (AvgIpc) is 2.77.